The van der Waals surface area contributed by atoms with Crippen LogP contribution in [-0.4, -0.2) is 5.91 Å². The molecule has 0 aliphatic carbocycles. The molecule has 0 spiro atoms. The van der Waals surface area contributed by atoms with Crippen molar-refractivity contribution in [3.63, 3.8) is 0 Å². The number of hydrogen-bond acceptors (Lipinski definition) is 2. The zero-order valence-corrected chi connectivity index (χ0v) is 12.0. The molecule has 94 valence electrons. The van der Waals surface area contributed by atoms with Crippen molar-refractivity contribution in [3.8, 4) is 0 Å². The number of amides is 1. The first-order chi connectivity index (χ1) is 8.59. The molecule has 1 heterocycles. The predicted octanol–water partition coefficient (Wildman–Crippen LogP) is 4.14. The van der Waals surface area contributed by atoms with Gasteiger partial charge in [-0.3, -0.25) is 4.79 Å². The van der Waals surface area contributed by atoms with E-state index in [-0.39, 0.29) is 11.6 Å². The second-order valence-electron chi connectivity index (χ2n) is 3.81. The Kier molecular flexibility index (Phi) is 4.14. The third-order valence-corrected chi connectivity index (χ3v) is 4.22. The first-order valence-electron chi connectivity index (χ1n) is 5.38. The van der Waals surface area contributed by atoms with Gasteiger partial charge in [0.05, 0.1) is 11.6 Å². The van der Waals surface area contributed by atoms with Crippen LogP contribution in [-0.2, 0) is 0 Å². The number of benzene rings is 1. The molecule has 1 aromatic carbocycles. The molecule has 2 rings (SSSR count). The van der Waals surface area contributed by atoms with Gasteiger partial charge in [0.15, 0.2) is 0 Å². The van der Waals surface area contributed by atoms with Crippen LogP contribution in [0, 0.1) is 5.82 Å². The zero-order valence-electron chi connectivity index (χ0n) is 9.61. The minimum atomic E-state index is -0.528. The Morgan fingerprint density at radius 3 is 2.78 bits per heavy atom. The van der Waals surface area contributed by atoms with Gasteiger partial charge in [0, 0.05) is 9.35 Å². The summed E-state index contributed by atoms with van der Waals surface area (Å²) >= 11 is 4.74. The van der Waals surface area contributed by atoms with E-state index in [4.69, 9.17) is 0 Å². The highest BCUT2D eigenvalue weighted by Crippen LogP contribution is 2.22. The molecule has 5 heteroatoms. The topological polar surface area (TPSA) is 29.1 Å². The molecule has 0 saturated heterocycles. The summed E-state index contributed by atoms with van der Waals surface area (Å²) in [7, 11) is 0. The summed E-state index contributed by atoms with van der Waals surface area (Å²) in [5.41, 5.74) is 0.0425. The van der Waals surface area contributed by atoms with E-state index in [9.17, 15) is 9.18 Å². The number of carbonyl (C=O) groups excluding carboxylic acids is 1. The second-order valence-corrected chi connectivity index (χ2v) is 5.64. The molecule has 18 heavy (non-hydrogen) atoms. The fraction of sp³-hybridized carbons (Fsp3) is 0.154. The molecule has 0 saturated carbocycles. The Morgan fingerprint density at radius 1 is 1.39 bits per heavy atom. The van der Waals surface area contributed by atoms with Crippen LogP contribution < -0.4 is 5.32 Å². The lowest BCUT2D eigenvalue weighted by Crippen LogP contribution is -2.27. The van der Waals surface area contributed by atoms with Gasteiger partial charge < -0.3 is 5.32 Å². The van der Waals surface area contributed by atoms with E-state index in [2.05, 4.69) is 21.2 Å². The van der Waals surface area contributed by atoms with Crippen LogP contribution in [0.15, 0.2) is 40.2 Å². The summed E-state index contributed by atoms with van der Waals surface area (Å²) in [6, 6.07) is 8.19. The lowest BCUT2D eigenvalue weighted by molar-refractivity contribution is 0.0935. The minimum Gasteiger partial charge on any atom is -0.345 e. The summed E-state index contributed by atoms with van der Waals surface area (Å²) < 4.78 is 14.1. The van der Waals surface area contributed by atoms with Crippen LogP contribution in [0.1, 0.15) is 28.2 Å². The Labute approximate surface area is 117 Å². The molecule has 0 bridgehead atoms. The van der Waals surface area contributed by atoms with E-state index in [1.807, 2.05) is 24.4 Å². The maximum atomic E-state index is 13.6. The Bertz CT molecular complexity index is 536. The van der Waals surface area contributed by atoms with Gasteiger partial charge in [-0.1, -0.05) is 12.1 Å². The summed E-state index contributed by atoms with van der Waals surface area (Å²) in [5.74, 6) is -0.943. The van der Waals surface area contributed by atoms with Crippen molar-refractivity contribution in [1.82, 2.24) is 5.32 Å². The molecule has 2 aromatic rings. The van der Waals surface area contributed by atoms with E-state index in [1.54, 1.807) is 23.5 Å². The van der Waals surface area contributed by atoms with Gasteiger partial charge in [-0.05, 0) is 46.4 Å². The average Bonchev–Trinajstić information content (AvgIpc) is 2.81. The summed E-state index contributed by atoms with van der Waals surface area (Å²) in [4.78, 5) is 13.1. The molecule has 0 aliphatic heterocycles. The number of carbonyl (C=O) groups is 1. The van der Waals surface area contributed by atoms with E-state index in [1.165, 1.54) is 6.07 Å². The minimum absolute atomic E-state index is 0.0425. The highest BCUT2D eigenvalue weighted by Gasteiger charge is 2.18. The van der Waals surface area contributed by atoms with Crippen LogP contribution in [0.2, 0.25) is 0 Å². The summed E-state index contributed by atoms with van der Waals surface area (Å²) in [5, 5.41) is 4.72. The van der Waals surface area contributed by atoms with Crippen LogP contribution in [0.3, 0.4) is 0 Å². The van der Waals surface area contributed by atoms with Gasteiger partial charge in [0.1, 0.15) is 5.82 Å². The zero-order chi connectivity index (χ0) is 13.1. The van der Waals surface area contributed by atoms with E-state index >= 15 is 0 Å². The van der Waals surface area contributed by atoms with Crippen molar-refractivity contribution < 1.29 is 9.18 Å². The third kappa shape index (κ3) is 2.79. The highest BCUT2D eigenvalue weighted by molar-refractivity contribution is 9.10. The summed E-state index contributed by atoms with van der Waals surface area (Å²) in [6.07, 6.45) is 0. The quantitative estimate of drug-likeness (QED) is 0.901. The maximum absolute atomic E-state index is 13.6. The van der Waals surface area contributed by atoms with Crippen molar-refractivity contribution in [1.29, 1.82) is 0 Å². The van der Waals surface area contributed by atoms with Crippen molar-refractivity contribution >= 4 is 33.2 Å². The van der Waals surface area contributed by atoms with Crippen molar-refractivity contribution in [2.75, 3.05) is 0 Å². The van der Waals surface area contributed by atoms with Gasteiger partial charge in [0.2, 0.25) is 0 Å². The Morgan fingerprint density at radius 2 is 2.17 bits per heavy atom. The van der Waals surface area contributed by atoms with Gasteiger partial charge >= 0.3 is 0 Å². The fourth-order valence-electron chi connectivity index (χ4n) is 1.59. The van der Waals surface area contributed by atoms with Crippen LogP contribution in [0.4, 0.5) is 4.39 Å². The lowest BCUT2D eigenvalue weighted by atomic mass is 10.2. The normalized spacial score (nSPS) is 12.2. The molecular formula is C13H11BrFNOS. The standard InChI is InChI=1S/C13H11BrFNOS/c1-8(11-6-3-7-18-11)16-13(17)12-9(14)4-2-5-10(12)15/h2-8H,1H3,(H,16,17). The number of rotatable bonds is 3. The molecule has 2 nitrogen and oxygen atoms in total. The maximum Gasteiger partial charge on any atom is 0.255 e. The Balaban J connectivity index is 2.18. The molecule has 1 aromatic heterocycles. The van der Waals surface area contributed by atoms with Crippen LogP contribution >= 0.6 is 27.3 Å². The largest absolute Gasteiger partial charge is 0.345 e. The predicted molar refractivity (Wildman–Crippen MR) is 74.3 cm³/mol. The van der Waals surface area contributed by atoms with Gasteiger partial charge in [0.25, 0.3) is 5.91 Å². The van der Waals surface area contributed by atoms with E-state index in [0.717, 1.165) is 4.88 Å². The van der Waals surface area contributed by atoms with Gasteiger partial charge in [-0.2, -0.15) is 0 Å². The average molecular weight is 328 g/mol. The first kappa shape index (κ1) is 13.2. The molecule has 1 atom stereocenters. The smallest absolute Gasteiger partial charge is 0.255 e. The monoisotopic (exact) mass is 327 g/mol. The van der Waals surface area contributed by atoms with Gasteiger partial charge in [-0.15, -0.1) is 11.3 Å². The first-order valence-corrected chi connectivity index (χ1v) is 7.05. The van der Waals surface area contributed by atoms with Crippen LogP contribution in [0.5, 0.6) is 0 Å². The van der Waals surface area contributed by atoms with Crippen molar-refractivity contribution in [2.24, 2.45) is 0 Å². The highest BCUT2D eigenvalue weighted by atomic mass is 79.9. The number of hydrogen-bond donors (Lipinski definition) is 1. The second kappa shape index (κ2) is 5.63. The molecule has 0 fully saturated rings. The number of halogens is 2. The molecule has 0 radical (unpaired) electrons. The fourth-order valence-corrected chi connectivity index (χ4v) is 2.85. The van der Waals surface area contributed by atoms with Gasteiger partial charge in [-0.25, -0.2) is 4.39 Å². The number of nitrogens with one attached hydrogen (secondary N) is 1. The van der Waals surface area contributed by atoms with Crippen LogP contribution in [0.25, 0.3) is 0 Å². The summed E-state index contributed by atoms with van der Waals surface area (Å²) in [6.45, 7) is 1.87. The van der Waals surface area contributed by atoms with E-state index < -0.39 is 11.7 Å². The Hall–Kier alpha value is -1.20. The lowest BCUT2D eigenvalue weighted by Gasteiger charge is -2.13. The van der Waals surface area contributed by atoms with E-state index in [0.29, 0.717) is 4.47 Å². The molecule has 0 aliphatic rings. The number of thiophene rings is 1. The molecule has 1 unspecified atom stereocenters. The SMILES string of the molecule is CC(NC(=O)c1c(F)cccc1Br)c1cccs1. The molecule has 1 N–H and O–H groups in total. The third-order valence-electron chi connectivity index (χ3n) is 2.51. The van der Waals surface area contributed by atoms with Crippen molar-refractivity contribution in [2.45, 2.75) is 13.0 Å². The molecular weight excluding hydrogens is 317 g/mol. The molecule has 1 amide bonds. The van der Waals surface area contributed by atoms with Crippen molar-refractivity contribution in [3.05, 3.63) is 56.4 Å².